The number of nitrogens with one attached hydrogen (secondary N) is 1. The molecule has 1 aromatic carbocycles. The highest BCUT2D eigenvalue weighted by Gasteiger charge is 2.17. The van der Waals surface area contributed by atoms with Crippen LogP contribution in [0.4, 0.5) is 5.95 Å². The molecule has 1 fully saturated rings. The fourth-order valence-corrected chi connectivity index (χ4v) is 2.46. The first-order chi connectivity index (χ1) is 12.1. The summed E-state index contributed by atoms with van der Waals surface area (Å²) >= 11 is 0. The topological polar surface area (TPSA) is 76.6 Å². The van der Waals surface area contributed by atoms with Crippen LogP contribution in [0.3, 0.4) is 0 Å². The van der Waals surface area contributed by atoms with Gasteiger partial charge in [0.2, 0.25) is 11.9 Å². The Balaban J connectivity index is 1.69. The number of carbonyl (C=O) groups is 1. The summed E-state index contributed by atoms with van der Waals surface area (Å²) in [5, 5.41) is 3.56. The maximum atomic E-state index is 11.9. The zero-order valence-corrected chi connectivity index (χ0v) is 14.4. The second-order valence-electron chi connectivity index (χ2n) is 6.17. The minimum absolute atomic E-state index is 0.0836. The van der Waals surface area contributed by atoms with Crippen LogP contribution in [0.2, 0.25) is 0 Å². The van der Waals surface area contributed by atoms with Gasteiger partial charge in [-0.2, -0.15) is 0 Å². The molecule has 1 N–H and O–H groups in total. The molecule has 1 aliphatic heterocycles. The normalized spacial score (nSPS) is 17.5. The Bertz CT molecular complexity index is 770. The summed E-state index contributed by atoms with van der Waals surface area (Å²) in [6, 6.07) is 5.65. The number of ether oxygens (including phenoxy) is 2. The highest BCUT2D eigenvalue weighted by Crippen LogP contribution is 2.22. The zero-order chi connectivity index (χ0) is 17.6. The summed E-state index contributed by atoms with van der Waals surface area (Å²) in [6.45, 7) is 2.04. The van der Waals surface area contributed by atoms with Crippen LogP contribution in [0.5, 0.6) is 5.75 Å². The van der Waals surface area contributed by atoms with Crippen molar-refractivity contribution in [1.29, 1.82) is 0 Å². The van der Waals surface area contributed by atoms with Gasteiger partial charge in [0.05, 0.1) is 18.7 Å². The van der Waals surface area contributed by atoms with E-state index >= 15 is 0 Å². The standard InChI is InChI=1S/C18H22N4O3/c1-22(2)8-3-4-17(23)21-18-19-11-13-5-6-14(10-16(13)20-18)25-15-7-9-24-12-15/h3-6,10-11,15H,7-9,12H2,1-2H3,(H,19,20,21,23). The van der Waals surface area contributed by atoms with E-state index in [0.29, 0.717) is 13.2 Å². The summed E-state index contributed by atoms with van der Waals surface area (Å²) < 4.78 is 11.2. The average molecular weight is 342 g/mol. The third kappa shape index (κ3) is 4.98. The molecule has 0 aliphatic carbocycles. The highest BCUT2D eigenvalue weighted by atomic mass is 16.5. The van der Waals surface area contributed by atoms with Gasteiger partial charge >= 0.3 is 0 Å². The van der Waals surface area contributed by atoms with Crippen LogP contribution in [0.25, 0.3) is 10.9 Å². The number of hydrogen-bond acceptors (Lipinski definition) is 6. The van der Waals surface area contributed by atoms with E-state index in [1.165, 1.54) is 6.08 Å². The van der Waals surface area contributed by atoms with Crippen molar-refractivity contribution in [1.82, 2.24) is 14.9 Å². The van der Waals surface area contributed by atoms with Gasteiger partial charge < -0.3 is 14.4 Å². The molecular weight excluding hydrogens is 320 g/mol. The third-order valence-corrected chi connectivity index (χ3v) is 3.72. The van der Waals surface area contributed by atoms with Gasteiger partial charge in [-0.15, -0.1) is 0 Å². The molecule has 1 aromatic heterocycles. The maximum absolute atomic E-state index is 11.9. The van der Waals surface area contributed by atoms with Crippen LogP contribution in [-0.4, -0.2) is 60.7 Å². The van der Waals surface area contributed by atoms with E-state index in [1.54, 1.807) is 12.3 Å². The summed E-state index contributed by atoms with van der Waals surface area (Å²) in [7, 11) is 3.87. The molecule has 2 heterocycles. The maximum Gasteiger partial charge on any atom is 0.250 e. The van der Waals surface area contributed by atoms with Crippen LogP contribution in [0, 0.1) is 0 Å². The van der Waals surface area contributed by atoms with E-state index in [0.717, 1.165) is 29.7 Å². The molecule has 0 saturated carbocycles. The highest BCUT2D eigenvalue weighted by molar-refractivity contribution is 5.98. The van der Waals surface area contributed by atoms with Gasteiger partial charge in [0.15, 0.2) is 0 Å². The summed E-state index contributed by atoms with van der Waals surface area (Å²) in [4.78, 5) is 22.4. The lowest BCUT2D eigenvalue weighted by molar-refractivity contribution is -0.112. The van der Waals surface area contributed by atoms with Gasteiger partial charge in [-0.3, -0.25) is 10.1 Å². The van der Waals surface area contributed by atoms with Crippen molar-refractivity contribution in [2.24, 2.45) is 0 Å². The summed E-state index contributed by atoms with van der Waals surface area (Å²) in [5.41, 5.74) is 0.721. The molecule has 1 atom stereocenters. The van der Waals surface area contributed by atoms with E-state index in [9.17, 15) is 4.79 Å². The second-order valence-corrected chi connectivity index (χ2v) is 6.17. The van der Waals surface area contributed by atoms with Gasteiger partial charge in [-0.1, -0.05) is 6.08 Å². The first kappa shape index (κ1) is 17.3. The Morgan fingerprint density at radius 3 is 3.12 bits per heavy atom. The number of rotatable bonds is 6. The molecule has 132 valence electrons. The zero-order valence-electron chi connectivity index (χ0n) is 14.4. The number of likely N-dealkylation sites (N-methyl/N-ethyl adjacent to an activating group) is 1. The Hall–Kier alpha value is -2.51. The summed E-state index contributed by atoms with van der Waals surface area (Å²) in [5.74, 6) is 0.759. The van der Waals surface area contributed by atoms with Crippen molar-refractivity contribution < 1.29 is 14.3 Å². The molecule has 1 amide bonds. The molecule has 0 bridgehead atoms. The lowest BCUT2D eigenvalue weighted by Crippen LogP contribution is -2.15. The third-order valence-electron chi connectivity index (χ3n) is 3.72. The number of fused-ring (bicyclic) bond motifs is 1. The number of aromatic nitrogens is 2. The Morgan fingerprint density at radius 1 is 1.48 bits per heavy atom. The van der Waals surface area contributed by atoms with Crippen molar-refractivity contribution in [3.63, 3.8) is 0 Å². The molecule has 1 unspecified atom stereocenters. The first-order valence-corrected chi connectivity index (χ1v) is 8.23. The molecule has 7 nitrogen and oxygen atoms in total. The van der Waals surface area contributed by atoms with Crippen LogP contribution >= 0.6 is 0 Å². The fourth-order valence-electron chi connectivity index (χ4n) is 2.46. The van der Waals surface area contributed by atoms with Gasteiger partial charge in [0.1, 0.15) is 11.9 Å². The minimum Gasteiger partial charge on any atom is -0.488 e. The molecule has 0 radical (unpaired) electrons. The predicted molar refractivity (Wildman–Crippen MR) is 95.7 cm³/mol. The molecular formula is C18H22N4O3. The number of carbonyl (C=O) groups excluding carboxylic acids is 1. The molecule has 7 heteroatoms. The molecule has 3 rings (SSSR count). The largest absolute Gasteiger partial charge is 0.488 e. The second kappa shape index (κ2) is 8.04. The number of nitrogens with zero attached hydrogens (tertiary/aromatic N) is 3. The van der Waals surface area contributed by atoms with E-state index < -0.39 is 0 Å². The smallest absolute Gasteiger partial charge is 0.250 e. The Kier molecular flexibility index (Phi) is 5.57. The van der Waals surface area contributed by atoms with E-state index in [-0.39, 0.29) is 18.0 Å². The lowest BCUT2D eigenvalue weighted by Gasteiger charge is -2.12. The minimum atomic E-state index is -0.253. The van der Waals surface area contributed by atoms with Gasteiger partial charge in [-0.25, -0.2) is 9.97 Å². The van der Waals surface area contributed by atoms with Crippen molar-refractivity contribution in [2.75, 3.05) is 39.2 Å². The molecule has 0 spiro atoms. The Labute approximate surface area is 146 Å². The van der Waals surface area contributed by atoms with Crippen LogP contribution in [0.15, 0.2) is 36.5 Å². The van der Waals surface area contributed by atoms with Crippen LogP contribution < -0.4 is 10.1 Å². The van der Waals surface area contributed by atoms with Crippen molar-refractivity contribution in [3.05, 3.63) is 36.5 Å². The van der Waals surface area contributed by atoms with E-state index in [4.69, 9.17) is 9.47 Å². The Morgan fingerprint density at radius 2 is 2.36 bits per heavy atom. The molecule has 1 saturated heterocycles. The molecule has 2 aromatic rings. The van der Waals surface area contributed by atoms with Gasteiger partial charge in [0.25, 0.3) is 0 Å². The molecule has 1 aliphatic rings. The fraction of sp³-hybridized carbons (Fsp3) is 0.389. The number of amides is 1. The van der Waals surface area contributed by atoms with Crippen molar-refractivity contribution >= 4 is 22.8 Å². The SMILES string of the molecule is CN(C)CC=CC(=O)Nc1ncc2ccc(OC3CCOC3)cc2n1. The lowest BCUT2D eigenvalue weighted by atomic mass is 10.2. The average Bonchev–Trinajstić information content (AvgIpc) is 3.07. The number of benzene rings is 1. The number of anilines is 1. The van der Waals surface area contributed by atoms with Gasteiger partial charge in [0, 0.05) is 36.7 Å². The van der Waals surface area contributed by atoms with Gasteiger partial charge in [-0.05, 0) is 26.2 Å². The van der Waals surface area contributed by atoms with Crippen molar-refractivity contribution in [3.8, 4) is 5.75 Å². The predicted octanol–water partition coefficient (Wildman–Crippen LogP) is 1.85. The van der Waals surface area contributed by atoms with Crippen LogP contribution in [-0.2, 0) is 9.53 Å². The number of hydrogen-bond donors (Lipinski definition) is 1. The van der Waals surface area contributed by atoms with E-state index in [2.05, 4.69) is 15.3 Å². The van der Waals surface area contributed by atoms with Crippen molar-refractivity contribution in [2.45, 2.75) is 12.5 Å². The summed E-state index contributed by atoms with van der Waals surface area (Å²) in [6.07, 6.45) is 5.92. The van der Waals surface area contributed by atoms with Crippen LogP contribution in [0.1, 0.15) is 6.42 Å². The quantitative estimate of drug-likeness (QED) is 0.808. The molecule has 25 heavy (non-hydrogen) atoms. The monoisotopic (exact) mass is 342 g/mol. The first-order valence-electron chi connectivity index (χ1n) is 8.23. The van der Waals surface area contributed by atoms with E-state index in [1.807, 2.05) is 37.2 Å².